The van der Waals surface area contributed by atoms with Crippen LogP contribution in [0.15, 0.2) is 23.8 Å². The summed E-state index contributed by atoms with van der Waals surface area (Å²) >= 11 is 0. The fourth-order valence-electron chi connectivity index (χ4n) is 8.17. The van der Waals surface area contributed by atoms with Gasteiger partial charge in [0.05, 0.1) is 0 Å². The summed E-state index contributed by atoms with van der Waals surface area (Å²) in [4.78, 5) is 12.0. The zero-order valence-corrected chi connectivity index (χ0v) is 19.8. The van der Waals surface area contributed by atoms with Gasteiger partial charge < -0.3 is 0 Å². The Morgan fingerprint density at radius 3 is 2.41 bits per heavy atom. The highest BCUT2D eigenvalue weighted by Crippen LogP contribution is 2.67. The molecule has 0 aromatic heterocycles. The molecule has 1 nitrogen and oxygen atoms in total. The first-order valence-electron chi connectivity index (χ1n) is 12.6. The fraction of sp³-hybridized carbons (Fsp3) is 0.821. The third-order valence-electron chi connectivity index (χ3n) is 10.4. The molecule has 4 aliphatic rings. The maximum Gasteiger partial charge on any atom is 0.155 e. The first-order valence-corrected chi connectivity index (χ1v) is 12.6. The normalized spacial score (nSPS) is 44.2. The highest BCUT2D eigenvalue weighted by atomic mass is 16.1. The number of fused-ring (bicyclic) bond motifs is 5. The summed E-state index contributed by atoms with van der Waals surface area (Å²) in [5.74, 6) is 5.95. The highest BCUT2D eigenvalue weighted by molar-refractivity contribution is 5.91. The lowest BCUT2D eigenvalue weighted by molar-refractivity contribution is -0.117. The van der Waals surface area contributed by atoms with Gasteiger partial charge in [-0.3, -0.25) is 4.79 Å². The van der Waals surface area contributed by atoms with Gasteiger partial charge in [0.1, 0.15) is 0 Å². The van der Waals surface area contributed by atoms with E-state index in [2.05, 4.69) is 53.7 Å². The second-order valence-electron chi connectivity index (χ2n) is 12.0. The summed E-state index contributed by atoms with van der Waals surface area (Å²) in [7, 11) is 0. The van der Waals surface area contributed by atoms with Gasteiger partial charge in [-0.15, -0.1) is 0 Å². The molecule has 3 fully saturated rings. The minimum Gasteiger partial charge on any atom is -0.295 e. The molecule has 0 spiro atoms. The average Bonchev–Trinajstić information content (AvgIpc) is 3.03. The smallest absolute Gasteiger partial charge is 0.155 e. The monoisotopic (exact) mass is 396 g/mol. The van der Waals surface area contributed by atoms with E-state index < -0.39 is 0 Å². The lowest BCUT2D eigenvalue weighted by Crippen LogP contribution is -2.50. The van der Waals surface area contributed by atoms with E-state index in [9.17, 15) is 4.79 Å². The molecule has 0 amide bonds. The average molecular weight is 397 g/mol. The predicted molar refractivity (Wildman–Crippen MR) is 123 cm³/mol. The summed E-state index contributed by atoms with van der Waals surface area (Å²) in [5.41, 5.74) is 2.34. The van der Waals surface area contributed by atoms with Crippen LogP contribution in [-0.4, -0.2) is 5.78 Å². The van der Waals surface area contributed by atoms with Crippen molar-refractivity contribution in [3.05, 3.63) is 23.8 Å². The van der Waals surface area contributed by atoms with E-state index in [1.165, 1.54) is 44.1 Å². The lowest BCUT2D eigenvalue weighted by atomic mass is 9.46. The van der Waals surface area contributed by atoms with Crippen molar-refractivity contribution in [2.45, 2.75) is 92.9 Å². The quantitative estimate of drug-likeness (QED) is 0.447. The van der Waals surface area contributed by atoms with Gasteiger partial charge in [-0.25, -0.2) is 0 Å². The highest BCUT2D eigenvalue weighted by Gasteiger charge is 2.59. The van der Waals surface area contributed by atoms with Crippen LogP contribution in [0.2, 0.25) is 0 Å². The molecule has 6 unspecified atom stereocenters. The summed E-state index contributed by atoms with van der Waals surface area (Å²) in [6, 6.07) is 0. The Labute approximate surface area is 179 Å². The van der Waals surface area contributed by atoms with Gasteiger partial charge in [-0.1, -0.05) is 59.3 Å². The van der Waals surface area contributed by atoms with Crippen LogP contribution < -0.4 is 0 Å². The minimum atomic E-state index is 0.314. The summed E-state index contributed by atoms with van der Waals surface area (Å²) < 4.78 is 0. The molecular formula is C28H44O. The van der Waals surface area contributed by atoms with Gasteiger partial charge in [0.15, 0.2) is 5.78 Å². The molecule has 0 saturated heterocycles. The van der Waals surface area contributed by atoms with Gasteiger partial charge in [0.2, 0.25) is 0 Å². The Morgan fingerprint density at radius 1 is 0.931 bits per heavy atom. The van der Waals surface area contributed by atoms with Gasteiger partial charge >= 0.3 is 0 Å². The summed E-state index contributed by atoms with van der Waals surface area (Å²) in [6.45, 7) is 14.7. The van der Waals surface area contributed by atoms with E-state index in [1.807, 2.05) is 6.08 Å². The van der Waals surface area contributed by atoms with Crippen molar-refractivity contribution < 1.29 is 4.79 Å². The Balaban J connectivity index is 1.53. The Bertz CT molecular complexity index is 699. The van der Waals surface area contributed by atoms with Crippen LogP contribution in [0.25, 0.3) is 0 Å². The van der Waals surface area contributed by atoms with Gasteiger partial charge in [0.25, 0.3) is 0 Å². The second-order valence-corrected chi connectivity index (χ2v) is 12.0. The first kappa shape index (κ1) is 21.4. The van der Waals surface area contributed by atoms with E-state index in [4.69, 9.17) is 0 Å². The maximum atomic E-state index is 12.0. The second kappa shape index (κ2) is 7.69. The molecule has 0 bridgehead atoms. The molecule has 0 N–H and O–H groups in total. The van der Waals surface area contributed by atoms with Gasteiger partial charge in [0, 0.05) is 6.42 Å². The van der Waals surface area contributed by atoms with Crippen LogP contribution in [0.5, 0.6) is 0 Å². The molecule has 0 aromatic rings. The van der Waals surface area contributed by atoms with Crippen molar-refractivity contribution >= 4 is 5.78 Å². The largest absolute Gasteiger partial charge is 0.295 e. The number of allylic oxidation sites excluding steroid dienone is 3. The zero-order valence-electron chi connectivity index (χ0n) is 19.8. The Hall–Kier alpha value is -0.850. The molecule has 1 heteroatoms. The maximum absolute atomic E-state index is 12.0. The molecule has 162 valence electrons. The predicted octanol–water partition coefficient (Wildman–Crippen LogP) is 7.62. The van der Waals surface area contributed by atoms with Crippen molar-refractivity contribution in [2.24, 2.45) is 52.3 Å². The summed E-state index contributed by atoms with van der Waals surface area (Å²) in [6.07, 6.45) is 17.2. The number of carbonyl (C=O) groups is 1. The molecule has 4 rings (SSSR count). The van der Waals surface area contributed by atoms with Crippen molar-refractivity contribution in [2.75, 3.05) is 0 Å². The van der Waals surface area contributed by atoms with Crippen LogP contribution in [0.4, 0.5) is 0 Å². The molecule has 0 heterocycles. The topological polar surface area (TPSA) is 17.1 Å². The van der Waals surface area contributed by atoms with Crippen LogP contribution in [0, 0.1) is 52.3 Å². The van der Waals surface area contributed by atoms with Gasteiger partial charge in [-0.2, -0.15) is 0 Å². The third-order valence-corrected chi connectivity index (χ3v) is 10.4. The number of carbonyl (C=O) groups excluding carboxylic acids is 1. The number of ketones is 1. The van der Waals surface area contributed by atoms with Crippen LogP contribution in [0.1, 0.15) is 92.9 Å². The van der Waals surface area contributed by atoms with E-state index >= 15 is 0 Å². The molecule has 0 radical (unpaired) electrons. The fourth-order valence-corrected chi connectivity index (χ4v) is 8.17. The number of rotatable bonds is 4. The molecule has 3 saturated carbocycles. The minimum absolute atomic E-state index is 0.314. The SMILES string of the molecule is CC(C)[C@@H](C)/C=C/[C@@H](C)C1CCC2C3CCC4=CC(=O)CCC4(C)C3CCC21C. The van der Waals surface area contributed by atoms with E-state index in [-0.39, 0.29) is 0 Å². The van der Waals surface area contributed by atoms with E-state index in [0.717, 1.165) is 42.4 Å². The molecule has 4 aliphatic carbocycles. The zero-order chi connectivity index (χ0) is 21.0. The molecule has 0 aliphatic heterocycles. The Morgan fingerprint density at radius 2 is 1.69 bits per heavy atom. The first-order chi connectivity index (χ1) is 13.7. The number of hydrogen-bond acceptors (Lipinski definition) is 1. The van der Waals surface area contributed by atoms with Crippen LogP contribution in [-0.2, 0) is 4.79 Å². The number of hydrogen-bond donors (Lipinski definition) is 0. The van der Waals surface area contributed by atoms with Crippen molar-refractivity contribution in [1.82, 2.24) is 0 Å². The van der Waals surface area contributed by atoms with Crippen molar-refractivity contribution in [3.63, 3.8) is 0 Å². The third kappa shape index (κ3) is 3.49. The molecule has 29 heavy (non-hydrogen) atoms. The van der Waals surface area contributed by atoms with Gasteiger partial charge in [-0.05, 0) is 103 Å². The van der Waals surface area contributed by atoms with E-state index in [0.29, 0.717) is 28.4 Å². The summed E-state index contributed by atoms with van der Waals surface area (Å²) in [5, 5.41) is 0. The lowest BCUT2D eigenvalue weighted by Gasteiger charge is -2.58. The standard InChI is InChI=1S/C28H44O/c1-18(2)19(3)7-8-20(4)24-11-12-25-23-10-9-21-17-22(29)13-15-27(21,5)26(23)14-16-28(24,25)6/h7-8,17-20,23-26H,9-16H2,1-6H3/b8-7+/t19-,20+,23?,24?,25?,26?,27?,28?/m0/s1. The van der Waals surface area contributed by atoms with Crippen molar-refractivity contribution in [3.8, 4) is 0 Å². The Kier molecular flexibility index (Phi) is 5.67. The van der Waals surface area contributed by atoms with E-state index in [1.54, 1.807) is 0 Å². The van der Waals surface area contributed by atoms with Crippen LogP contribution >= 0.6 is 0 Å². The van der Waals surface area contributed by atoms with Crippen LogP contribution in [0.3, 0.4) is 0 Å². The molecule has 8 atom stereocenters. The molecular weight excluding hydrogens is 352 g/mol. The van der Waals surface area contributed by atoms with Crippen molar-refractivity contribution in [1.29, 1.82) is 0 Å². The molecule has 0 aromatic carbocycles.